The molecule has 0 radical (unpaired) electrons. The van der Waals surface area contributed by atoms with Crippen molar-refractivity contribution in [2.24, 2.45) is 0 Å². The first-order chi connectivity index (χ1) is 26.0. The van der Waals surface area contributed by atoms with Gasteiger partial charge < -0.3 is 8.83 Å². The van der Waals surface area contributed by atoms with E-state index in [1.165, 1.54) is 27.6 Å². The Labute approximate surface area is 305 Å². The Kier molecular flexibility index (Phi) is 6.23. The fourth-order valence-corrected chi connectivity index (χ4v) is 8.20. The normalized spacial score (nSPS) is 13.2. The number of nitrogens with zero attached hydrogens (tertiary/aromatic N) is 3. The molecule has 0 bridgehead atoms. The summed E-state index contributed by atoms with van der Waals surface area (Å²) in [5, 5.41) is 5.49. The van der Waals surface area contributed by atoms with Gasteiger partial charge in [-0.25, -0.2) is 15.0 Å². The van der Waals surface area contributed by atoms with Crippen LogP contribution >= 0.6 is 0 Å². The summed E-state index contributed by atoms with van der Waals surface area (Å²) in [4.78, 5) is 15.6. The molecule has 53 heavy (non-hydrogen) atoms. The van der Waals surface area contributed by atoms with Gasteiger partial charge in [0.25, 0.3) is 0 Å². The topological polar surface area (TPSA) is 65.0 Å². The first-order valence-corrected chi connectivity index (χ1v) is 17.9. The number of furan rings is 2. The van der Waals surface area contributed by atoms with Crippen molar-refractivity contribution < 1.29 is 8.83 Å². The monoisotopic (exact) mass is 681 g/mol. The standard InChI is InChI=1S/C48H31N3O2/c1-48(2)38-15-7-6-13-34(38)44-35(14-9-16-39(44)48)47-50-45(29-20-18-28(19-21-29)42-27-32-12-5-8-17-40(32)52-42)49-46(51-47)33-22-23-41-36(25-33)37-24-30-10-3-4-11-31(30)26-43(37)53-41/h3-27H,1-2H3. The van der Waals surface area contributed by atoms with Crippen molar-refractivity contribution in [3.63, 3.8) is 0 Å². The van der Waals surface area contributed by atoms with E-state index in [1.807, 2.05) is 30.3 Å². The summed E-state index contributed by atoms with van der Waals surface area (Å²) in [7, 11) is 0. The van der Waals surface area contributed by atoms with E-state index in [0.717, 1.165) is 66.3 Å². The molecule has 250 valence electrons. The molecule has 10 aromatic rings. The smallest absolute Gasteiger partial charge is 0.164 e. The number of rotatable bonds is 4. The molecule has 3 heterocycles. The fraction of sp³-hybridized carbons (Fsp3) is 0.0625. The van der Waals surface area contributed by atoms with Gasteiger partial charge in [0.2, 0.25) is 0 Å². The van der Waals surface area contributed by atoms with Crippen molar-refractivity contribution in [3.8, 4) is 56.6 Å². The molecule has 5 nitrogen and oxygen atoms in total. The average molecular weight is 682 g/mol. The number of fused-ring (bicyclic) bond motifs is 8. The van der Waals surface area contributed by atoms with E-state index >= 15 is 0 Å². The Bertz CT molecular complexity index is 3060. The predicted octanol–water partition coefficient (Wildman–Crippen LogP) is 12.6. The van der Waals surface area contributed by atoms with Crippen LogP contribution < -0.4 is 0 Å². The van der Waals surface area contributed by atoms with Gasteiger partial charge in [0.1, 0.15) is 22.5 Å². The summed E-state index contributed by atoms with van der Waals surface area (Å²) in [6.45, 7) is 4.59. The Morgan fingerprint density at radius 2 is 1.04 bits per heavy atom. The molecule has 0 saturated heterocycles. The van der Waals surface area contributed by atoms with Crippen LogP contribution in [-0.4, -0.2) is 15.0 Å². The fourth-order valence-electron chi connectivity index (χ4n) is 8.20. The largest absolute Gasteiger partial charge is 0.456 e. The molecule has 0 spiro atoms. The highest BCUT2D eigenvalue weighted by atomic mass is 16.3. The maximum absolute atomic E-state index is 6.35. The number of benzene rings is 7. The van der Waals surface area contributed by atoms with E-state index < -0.39 is 0 Å². The number of aromatic nitrogens is 3. The molecule has 0 atom stereocenters. The first-order valence-electron chi connectivity index (χ1n) is 17.9. The zero-order valence-corrected chi connectivity index (χ0v) is 29.1. The van der Waals surface area contributed by atoms with Crippen molar-refractivity contribution in [1.82, 2.24) is 15.0 Å². The van der Waals surface area contributed by atoms with Crippen LogP contribution in [0.5, 0.6) is 0 Å². The van der Waals surface area contributed by atoms with Crippen LogP contribution in [-0.2, 0) is 5.41 Å². The van der Waals surface area contributed by atoms with Crippen LogP contribution in [0, 0.1) is 0 Å². The Hall–Kier alpha value is -6.85. The summed E-state index contributed by atoms with van der Waals surface area (Å²) in [5.74, 6) is 2.67. The molecule has 0 amide bonds. The van der Waals surface area contributed by atoms with E-state index in [1.54, 1.807) is 0 Å². The number of para-hydroxylation sites is 1. The van der Waals surface area contributed by atoms with E-state index in [4.69, 9.17) is 23.8 Å². The third-order valence-corrected chi connectivity index (χ3v) is 10.9. The number of hydrogen-bond donors (Lipinski definition) is 0. The average Bonchev–Trinajstić information content (AvgIpc) is 3.87. The zero-order chi connectivity index (χ0) is 35.3. The minimum Gasteiger partial charge on any atom is -0.456 e. The van der Waals surface area contributed by atoms with Gasteiger partial charge in [0.15, 0.2) is 17.5 Å². The molecule has 7 aromatic carbocycles. The van der Waals surface area contributed by atoms with E-state index in [-0.39, 0.29) is 5.41 Å². The quantitative estimate of drug-likeness (QED) is 0.185. The lowest BCUT2D eigenvalue weighted by atomic mass is 9.82. The van der Waals surface area contributed by atoms with Gasteiger partial charge in [-0.1, -0.05) is 123 Å². The Balaban J connectivity index is 1.10. The molecule has 5 heteroatoms. The van der Waals surface area contributed by atoms with Gasteiger partial charge in [0.05, 0.1) is 0 Å². The highest BCUT2D eigenvalue weighted by Crippen LogP contribution is 2.51. The second-order valence-corrected chi connectivity index (χ2v) is 14.4. The molecule has 0 fully saturated rings. The van der Waals surface area contributed by atoms with Crippen LogP contribution in [0.25, 0.3) is 100 Å². The second-order valence-electron chi connectivity index (χ2n) is 14.4. The third kappa shape index (κ3) is 4.60. The van der Waals surface area contributed by atoms with Crippen LogP contribution in [0.3, 0.4) is 0 Å². The molecular weight excluding hydrogens is 651 g/mol. The van der Waals surface area contributed by atoms with Gasteiger partial charge in [0, 0.05) is 43.8 Å². The van der Waals surface area contributed by atoms with Crippen LogP contribution in [0.1, 0.15) is 25.0 Å². The number of hydrogen-bond acceptors (Lipinski definition) is 5. The summed E-state index contributed by atoms with van der Waals surface area (Å²) in [6, 6.07) is 52.6. The maximum atomic E-state index is 6.35. The van der Waals surface area contributed by atoms with Crippen molar-refractivity contribution >= 4 is 43.7 Å². The molecule has 3 aromatic heterocycles. The van der Waals surface area contributed by atoms with Crippen LogP contribution in [0.15, 0.2) is 160 Å². The summed E-state index contributed by atoms with van der Waals surface area (Å²) >= 11 is 0. The highest BCUT2D eigenvalue weighted by Gasteiger charge is 2.37. The maximum Gasteiger partial charge on any atom is 0.164 e. The predicted molar refractivity (Wildman–Crippen MR) is 214 cm³/mol. The first kappa shape index (κ1) is 29.8. The van der Waals surface area contributed by atoms with Gasteiger partial charge in [-0.2, -0.15) is 0 Å². The van der Waals surface area contributed by atoms with Crippen molar-refractivity contribution in [2.45, 2.75) is 19.3 Å². The van der Waals surface area contributed by atoms with Crippen molar-refractivity contribution in [3.05, 3.63) is 163 Å². The van der Waals surface area contributed by atoms with Gasteiger partial charge in [-0.3, -0.25) is 0 Å². The second kappa shape index (κ2) is 11.1. The van der Waals surface area contributed by atoms with Crippen molar-refractivity contribution in [2.75, 3.05) is 0 Å². The van der Waals surface area contributed by atoms with E-state index in [2.05, 4.69) is 135 Å². The molecule has 0 aliphatic heterocycles. The molecule has 0 unspecified atom stereocenters. The summed E-state index contributed by atoms with van der Waals surface area (Å²) in [6.07, 6.45) is 0. The summed E-state index contributed by atoms with van der Waals surface area (Å²) in [5.41, 5.74) is 11.2. The highest BCUT2D eigenvalue weighted by molar-refractivity contribution is 6.11. The minimum atomic E-state index is -0.148. The summed E-state index contributed by atoms with van der Waals surface area (Å²) < 4.78 is 12.5. The van der Waals surface area contributed by atoms with Gasteiger partial charge >= 0.3 is 0 Å². The molecule has 11 rings (SSSR count). The van der Waals surface area contributed by atoms with Crippen LogP contribution in [0.4, 0.5) is 0 Å². The van der Waals surface area contributed by atoms with Crippen LogP contribution in [0.2, 0.25) is 0 Å². The zero-order valence-electron chi connectivity index (χ0n) is 29.1. The van der Waals surface area contributed by atoms with E-state index in [0.29, 0.717) is 17.5 Å². The molecule has 0 N–H and O–H groups in total. The Morgan fingerprint density at radius 3 is 1.87 bits per heavy atom. The van der Waals surface area contributed by atoms with E-state index in [9.17, 15) is 0 Å². The minimum absolute atomic E-state index is 0.148. The van der Waals surface area contributed by atoms with Crippen molar-refractivity contribution in [1.29, 1.82) is 0 Å². The third-order valence-electron chi connectivity index (χ3n) is 10.9. The lowest BCUT2D eigenvalue weighted by Gasteiger charge is -2.21. The van der Waals surface area contributed by atoms with Gasteiger partial charge in [-0.15, -0.1) is 0 Å². The molecular formula is C48H31N3O2. The van der Waals surface area contributed by atoms with Gasteiger partial charge in [-0.05, 0) is 75.5 Å². The molecule has 0 saturated carbocycles. The SMILES string of the molecule is CC1(C)c2ccccc2-c2c(-c3nc(-c4ccc(-c5cc6ccccc6o5)cc4)nc(-c4ccc5oc6cc7ccccc7cc6c5c4)n3)cccc21. The Morgan fingerprint density at radius 1 is 0.415 bits per heavy atom. The lowest BCUT2D eigenvalue weighted by molar-refractivity contribution is 0.631. The molecule has 1 aliphatic rings. The molecule has 1 aliphatic carbocycles. The lowest BCUT2D eigenvalue weighted by Crippen LogP contribution is -2.14.